The van der Waals surface area contributed by atoms with Gasteiger partial charge in [-0.25, -0.2) is 4.98 Å². The molecule has 19 heavy (non-hydrogen) atoms. The predicted octanol–water partition coefficient (Wildman–Crippen LogP) is 1.02. The number of hydrogen-bond acceptors (Lipinski definition) is 4. The van der Waals surface area contributed by atoms with Crippen molar-refractivity contribution in [1.29, 1.82) is 0 Å². The fourth-order valence-electron chi connectivity index (χ4n) is 2.40. The minimum Gasteiger partial charge on any atom is -0.480 e. The van der Waals surface area contributed by atoms with Crippen LogP contribution in [0.1, 0.15) is 31.4 Å². The van der Waals surface area contributed by atoms with E-state index in [1.807, 2.05) is 4.90 Å². The summed E-state index contributed by atoms with van der Waals surface area (Å²) in [5.74, 6) is -0.530. The van der Waals surface area contributed by atoms with Crippen LogP contribution in [0.15, 0.2) is 10.9 Å². The molecule has 104 valence electrons. The molecule has 1 N–H and O–H groups in total. The summed E-state index contributed by atoms with van der Waals surface area (Å²) in [4.78, 5) is 29.3. The Bertz CT molecular complexity index is 516. The molecule has 2 rings (SSSR count). The average molecular weight is 265 g/mol. The van der Waals surface area contributed by atoms with Gasteiger partial charge in [0.1, 0.15) is 6.54 Å². The summed E-state index contributed by atoms with van der Waals surface area (Å²) < 4.78 is 1.25. The number of carboxylic acids is 1. The minimum absolute atomic E-state index is 0.297. The summed E-state index contributed by atoms with van der Waals surface area (Å²) >= 11 is 0. The molecule has 2 heterocycles. The highest BCUT2D eigenvalue weighted by Crippen LogP contribution is 2.16. The molecule has 6 nitrogen and oxygen atoms in total. The zero-order valence-electron chi connectivity index (χ0n) is 11.1. The van der Waals surface area contributed by atoms with Gasteiger partial charge in [-0.3, -0.25) is 14.2 Å². The summed E-state index contributed by atoms with van der Waals surface area (Å²) in [5, 5.41) is 8.93. The summed E-state index contributed by atoms with van der Waals surface area (Å²) in [6.45, 7) is 3.08. The normalized spacial score (nSPS) is 16.2. The lowest BCUT2D eigenvalue weighted by Crippen LogP contribution is -2.35. The van der Waals surface area contributed by atoms with Gasteiger partial charge in [0.05, 0.1) is 0 Å². The van der Waals surface area contributed by atoms with Crippen molar-refractivity contribution in [3.8, 4) is 0 Å². The molecule has 0 radical (unpaired) electrons. The lowest BCUT2D eigenvalue weighted by molar-refractivity contribution is -0.137. The molecular weight excluding hydrogens is 246 g/mol. The van der Waals surface area contributed by atoms with Gasteiger partial charge in [-0.1, -0.05) is 12.8 Å². The molecular formula is C13H19N3O3. The van der Waals surface area contributed by atoms with E-state index in [4.69, 9.17) is 5.11 Å². The fourth-order valence-corrected chi connectivity index (χ4v) is 2.40. The highest BCUT2D eigenvalue weighted by atomic mass is 16.4. The van der Waals surface area contributed by atoms with Gasteiger partial charge in [0.2, 0.25) is 5.95 Å². The highest BCUT2D eigenvalue weighted by Gasteiger charge is 2.17. The molecule has 6 heteroatoms. The van der Waals surface area contributed by atoms with E-state index in [2.05, 4.69) is 4.98 Å². The number of rotatable bonds is 3. The van der Waals surface area contributed by atoms with Gasteiger partial charge in [-0.15, -0.1) is 0 Å². The van der Waals surface area contributed by atoms with Crippen molar-refractivity contribution in [2.45, 2.75) is 39.2 Å². The molecule has 1 aliphatic heterocycles. The van der Waals surface area contributed by atoms with Crippen molar-refractivity contribution in [1.82, 2.24) is 9.55 Å². The third-order valence-corrected chi connectivity index (χ3v) is 3.30. The molecule has 0 unspecified atom stereocenters. The first-order chi connectivity index (χ1) is 9.08. The van der Waals surface area contributed by atoms with Gasteiger partial charge >= 0.3 is 5.97 Å². The van der Waals surface area contributed by atoms with Gasteiger partial charge in [0, 0.05) is 24.8 Å². The predicted molar refractivity (Wildman–Crippen MR) is 71.6 cm³/mol. The average Bonchev–Trinajstić information content (AvgIpc) is 2.60. The maximum Gasteiger partial charge on any atom is 0.323 e. The monoisotopic (exact) mass is 265 g/mol. The number of aliphatic carboxylic acids is 1. The van der Waals surface area contributed by atoms with E-state index in [1.54, 1.807) is 6.92 Å². The van der Waals surface area contributed by atoms with Crippen LogP contribution in [0.2, 0.25) is 0 Å². The minimum atomic E-state index is -1.02. The summed E-state index contributed by atoms with van der Waals surface area (Å²) in [6, 6.07) is 1.38. The van der Waals surface area contributed by atoms with Gasteiger partial charge in [0.25, 0.3) is 5.56 Å². The number of anilines is 1. The van der Waals surface area contributed by atoms with Crippen LogP contribution in [0, 0.1) is 6.92 Å². The number of aromatic nitrogens is 2. The van der Waals surface area contributed by atoms with Crippen LogP contribution in [-0.4, -0.2) is 33.7 Å². The Hall–Kier alpha value is -1.85. The van der Waals surface area contributed by atoms with Gasteiger partial charge in [-0.05, 0) is 19.8 Å². The van der Waals surface area contributed by atoms with Crippen LogP contribution >= 0.6 is 0 Å². The Balaban J connectivity index is 2.40. The zero-order chi connectivity index (χ0) is 13.8. The van der Waals surface area contributed by atoms with E-state index in [9.17, 15) is 9.59 Å². The second-order valence-corrected chi connectivity index (χ2v) is 4.92. The van der Waals surface area contributed by atoms with E-state index in [1.165, 1.54) is 23.5 Å². The highest BCUT2D eigenvalue weighted by molar-refractivity contribution is 5.67. The van der Waals surface area contributed by atoms with Crippen LogP contribution in [0.5, 0.6) is 0 Å². The van der Waals surface area contributed by atoms with Crippen molar-refractivity contribution in [3.63, 3.8) is 0 Å². The van der Waals surface area contributed by atoms with Gasteiger partial charge < -0.3 is 10.0 Å². The standard InChI is InChI=1S/C13H19N3O3/c1-10-8-11(17)16(9-12(18)19)13(14-10)15-6-4-2-3-5-7-15/h8H,2-7,9H2,1H3,(H,18,19). The number of carboxylic acid groups (broad SMARTS) is 1. The second-order valence-electron chi connectivity index (χ2n) is 4.92. The molecule has 1 aromatic rings. The SMILES string of the molecule is Cc1cc(=O)n(CC(=O)O)c(N2CCCCCC2)n1. The largest absolute Gasteiger partial charge is 0.480 e. The Kier molecular flexibility index (Phi) is 4.19. The molecule has 0 saturated carbocycles. The van der Waals surface area contributed by atoms with Crippen LogP contribution in [0.4, 0.5) is 5.95 Å². The first-order valence-corrected chi connectivity index (χ1v) is 6.63. The smallest absolute Gasteiger partial charge is 0.323 e. The fraction of sp³-hybridized carbons (Fsp3) is 0.615. The maximum atomic E-state index is 12.0. The Morgan fingerprint density at radius 3 is 2.53 bits per heavy atom. The Morgan fingerprint density at radius 2 is 1.95 bits per heavy atom. The lowest BCUT2D eigenvalue weighted by Gasteiger charge is -2.24. The van der Waals surface area contributed by atoms with Crippen molar-refractivity contribution >= 4 is 11.9 Å². The zero-order valence-corrected chi connectivity index (χ0v) is 11.1. The van der Waals surface area contributed by atoms with Crippen LogP contribution in [0.3, 0.4) is 0 Å². The number of hydrogen-bond donors (Lipinski definition) is 1. The Labute approximate surface area is 111 Å². The molecule has 1 saturated heterocycles. The van der Waals surface area contributed by atoms with E-state index >= 15 is 0 Å². The van der Waals surface area contributed by atoms with Gasteiger partial charge in [-0.2, -0.15) is 0 Å². The number of aryl methyl sites for hydroxylation is 1. The second kappa shape index (κ2) is 5.86. The number of nitrogens with zero attached hydrogens (tertiary/aromatic N) is 3. The summed E-state index contributed by atoms with van der Waals surface area (Å²) in [6.07, 6.45) is 4.45. The van der Waals surface area contributed by atoms with E-state index in [0.717, 1.165) is 25.9 Å². The third kappa shape index (κ3) is 3.33. The number of carbonyl (C=O) groups is 1. The van der Waals surface area contributed by atoms with E-state index < -0.39 is 5.97 Å². The maximum absolute atomic E-state index is 12.0. The van der Waals surface area contributed by atoms with E-state index in [-0.39, 0.29) is 12.1 Å². The molecule has 0 aromatic carbocycles. The summed E-state index contributed by atoms with van der Waals surface area (Å²) in [7, 11) is 0. The molecule has 0 spiro atoms. The van der Waals surface area contributed by atoms with Crippen LogP contribution in [0.25, 0.3) is 0 Å². The lowest BCUT2D eigenvalue weighted by atomic mass is 10.2. The topological polar surface area (TPSA) is 75.4 Å². The molecule has 0 atom stereocenters. The Morgan fingerprint density at radius 1 is 1.32 bits per heavy atom. The molecule has 0 amide bonds. The molecule has 1 fully saturated rings. The molecule has 0 bridgehead atoms. The van der Waals surface area contributed by atoms with Crippen molar-refractivity contribution in [2.75, 3.05) is 18.0 Å². The molecule has 1 aliphatic rings. The third-order valence-electron chi connectivity index (χ3n) is 3.30. The molecule has 1 aromatic heterocycles. The molecule has 0 aliphatic carbocycles. The summed E-state index contributed by atoms with van der Waals surface area (Å²) in [5.41, 5.74) is 0.333. The van der Waals surface area contributed by atoms with Crippen LogP contribution < -0.4 is 10.5 Å². The first kappa shape index (κ1) is 13.6. The van der Waals surface area contributed by atoms with Crippen molar-refractivity contribution < 1.29 is 9.90 Å². The van der Waals surface area contributed by atoms with Crippen molar-refractivity contribution in [3.05, 3.63) is 22.1 Å². The van der Waals surface area contributed by atoms with Crippen molar-refractivity contribution in [2.24, 2.45) is 0 Å². The van der Waals surface area contributed by atoms with Gasteiger partial charge in [0.15, 0.2) is 0 Å². The quantitative estimate of drug-likeness (QED) is 0.883. The first-order valence-electron chi connectivity index (χ1n) is 6.63. The van der Waals surface area contributed by atoms with Crippen LogP contribution in [-0.2, 0) is 11.3 Å². The van der Waals surface area contributed by atoms with E-state index in [0.29, 0.717) is 11.6 Å².